The minimum absolute atomic E-state index is 0.131. The molecule has 11 aromatic rings. The van der Waals surface area contributed by atoms with Gasteiger partial charge < -0.3 is 13.7 Å². The molecule has 0 atom stereocenters. The number of benzene rings is 9. The molecule has 2 heterocycles. The van der Waals surface area contributed by atoms with Gasteiger partial charge in [-0.15, -0.1) is 0 Å². The smallest absolute Gasteiger partial charge is 0.136 e. The fraction of sp³-hybridized carbons (Fsp3) is 0.0526. The maximum absolute atomic E-state index is 6.58. The standard InChI is InChI=1S/C57H39NO2/c1-57(2)51-16-10-9-15-45(51)46-29-26-44(33-52(46)57)58(42-24-21-40(22-25-42)39-19-17-38(18-20-39)36-11-5-3-6-12-36)43-27-30-53-48(32-43)50-35-55-49(34-56(50)59-53)47-28-23-41(31-54(47)60-55)37-13-7-4-8-14-37/h3-35H,1-2H3. The molecule has 3 nitrogen and oxygen atoms in total. The van der Waals surface area contributed by atoms with Gasteiger partial charge in [-0.1, -0.05) is 147 Å². The Morgan fingerprint density at radius 3 is 1.48 bits per heavy atom. The summed E-state index contributed by atoms with van der Waals surface area (Å²) in [6.07, 6.45) is 0. The lowest BCUT2D eigenvalue weighted by atomic mass is 9.82. The van der Waals surface area contributed by atoms with E-state index in [4.69, 9.17) is 8.83 Å². The molecule has 60 heavy (non-hydrogen) atoms. The average molecular weight is 770 g/mol. The van der Waals surface area contributed by atoms with E-state index in [1.165, 1.54) is 50.1 Å². The van der Waals surface area contributed by atoms with Gasteiger partial charge in [-0.3, -0.25) is 0 Å². The van der Waals surface area contributed by atoms with Gasteiger partial charge in [0.25, 0.3) is 0 Å². The molecule has 0 bridgehead atoms. The third-order valence-corrected chi connectivity index (χ3v) is 12.7. The minimum atomic E-state index is -0.131. The minimum Gasteiger partial charge on any atom is -0.456 e. The van der Waals surface area contributed by atoms with Gasteiger partial charge >= 0.3 is 0 Å². The van der Waals surface area contributed by atoms with Crippen LogP contribution in [0.2, 0.25) is 0 Å². The van der Waals surface area contributed by atoms with E-state index in [-0.39, 0.29) is 5.41 Å². The van der Waals surface area contributed by atoms with E-state index in [1.54, 1.807) is 0 Å². The first-order chi connectivity index (χ1) is 29.5. The summed E-state index contributed by atoms with van der Waals surface area (Å²) in [7, 11) is 0. The van der Waals surface area contributed by atoms with E-state index in [1.807, 2.05) is 6.07 Å². The van der Waals surface area contributed by atoms with Gasteiger partial charge in [0, 0.05) is 44.0 Å². The zero-order chi connectivity index (χ0) is 40.0. The molecule has 0 saturated carbocycles. The van der Waals surface area contributed by atoms with E-state index < -0.39 is 0 Å². The van der Waals surface area contributed by atoms with E-state index >= 15 is 0 Å². The van der Waals surface area contributed by atoms with Crippen molar-refractivity contribution in [3.8, 4) is 44.5 Å². The topological polar surface area (TPSA) is 29.5 Å². The summed E-state index contributed by atoms with van der Waals surface area (Å²) >= 11 is 0. The second kappa shape index (κ2) is 13.2. The Morgan fingerprint density at radius 1 is 0.317 bits per heavy atom. The lowest BCUT2D eigenvalue weighted by molar-refractivity contribution is 0.660. The molecule has 0 unspecified atom stereocenters. The zero-order valence-electron chi connectivity index (χ0n) is 33.3. The Morgan fingerprint density at radius 2 is 0.783 bits per heavy atom. The van der Waals surface area contributed by atoms with Crippen molar-refractivity contribution in [3.63, 3.8) is 0 Å². The lowest BCUT2D eigenvalue weighted by Gasteiger charge is -2.28. The van der Waals surface area contributed by atoms with Crippen molar-refractivity contribution in [1.29, 1.82) is 0 Å². The van der Waals surface area contributed by atoms with Crippen molar-refractivity contribution in [3.05, 3.63) is 211 Å². The maximum atomic E-state index is 6.58. The summed E-state index contributed by atoms with van der Waals surface area (Å²) in [6.45, 7) is 4.68. The Hall–Kier alpha value is -7.62. The Labute approximate surface area is 348 Å². The normalized spacial score (nSPS) is 13.0. The highest BCUT2D eigenvalue weighted by atomic mass is 16.3. The van der Waals surface area contributed by atoms with E-state index in [0.717, 1.165) is 66.5 Å². The maximum Gasteiger partial charge on any atom is 0.136 e. The summed E-state index contributed by atoms with van der Waals surface area (Å²) < 4.78 is 13.2. The molecule has 9 aromatic carbocycles. The van der Waals surface area contributed by atoms with Crippen LogP contribution in [0.15, 0.2) is 209 Å². The van der Waals surface area contributed by atoms with Crippen LogP contribution in [0, 0.1) is 0 Å². The molecule has 1 aliphatic rings. The third kappa shape index (κ3) is 5.43. The number of fused-ring (bicyclic) bond motifs is 9. The molecular weight excluding hydrogens is 731 g/mol. The first kappa shape index (κ1) is 34.4. The van der Waals surface area contributed by atoms with Crippen molar-refractivity contribution in [1.82, 2.24) is 0 Å². The molecule has 1 aliphatic carbocycles. The summed E-state index contributed by atoms with van der Waals surface area (Å²) in [5.41, 5.74) is 18.9. The SMILES string of the molecule is CC1(C)c2ccccc2-c2ccc(N(c3ccc(-c4ccc(-c5ccccc5)cc4)cc3)c3ccc4oc5cc6c(cc5c4c3)oc3cc(-c4ccccc4)ccc36)cc21. The second-order valence-corrected chi connectivity index (χ2v) is 16.5. The van der Waals surface area contributed by atoms with Crippen LogP contribution in [-0.4, -0.2) is 0 Å². The average Bonchev–Trinajstić information content (AvgIpc) is 3.92. The van der Waals surface area contributed by atoms with E-state index in [0.29, 0.717) is 0 Å². The van der Waals surface area contributed by atoms with Gasteiger partial charge in [-0.25, -0.2) is 0 Å². The molecule has 0 amide bonds. The van der Waals surface area contributed by atoms with Gasteiger partial charge in [0.15, 0.2) is 0 Å². The Bertz CT molecular complexity index is 3430. The summed E-state index contributed by atoms with van der Waals surface area (Å²) in [6, 6.07) is 71.9. The predicted octanol–water partition coefficient (Wildman–Crippen LogP) is 16.3. The van der Waals surface area contributed by atoms with Gasteiger partial charge in [0.1, 0.15) is 22.3 Å². The van der Waals surface area contributed by atoms with E-state index in [9.17, 15) is 0 Å². The van der Waals surface area contributed by atoms with Gasteiger partial charge in [-0.2, -0.15) is 0 Å². The second-order valence-electron chi connectivity index (χ2n) is 16.5. The number of nitrogens with zero attached hydrogens (tertiary/aromatic N) is 1. The monoisotopic (exact) mass is 769 g/mol. The summed E-state index contributed by atoms with van der Waals surface area (Å²) in [4.78, 5) is 2.38. The lowest BCUT2D eigenvalue weighted by Crippen LogP contribution is -2.16. The molecule has 0 saturated heterocycles. The molecule has 3 heteroatoms. The van der Waals surface area contributed by atoms with Crippen molar-refractivity contribution < 1.29 is 8.83 Å². The number of hydrogen-bond acceptors (Lipinski definition) is 3. The largest absolute Gasteiger partial charge is 0.456 e. The van der Waals surface area contributed by atoms with Crippen molar-refractivity contribution in [2.24, 2.45) is 0 Å². The van der Waals surface area contributed by atoms with Crippen LogP contribution in [0.3, 0.4) is 0 Å². The molecule has 284 valence electrons. The Balaban J connectivity index is 0.977. The third-order valence-electron chi connectivity index (χ3n) is 12.7. The number of hydrogen-bond donors (Lipinski definition) is 0. The summed E-state index contributed by atoms with van der Waals surface area (Å²) in [5, 5.41) is 4.20. The first-order valence-electron chi connectivity index (χ1n) is 20.6. The highest BCUT2D eigenvalue weighted by Crippen LogP contribution is 2.51. The van der Waals surface area contributed by atoms with Crippen molar-refractivity contribution in [2.45, 2.75) is 19.3 Å². The highest BCUT2D eigenvalue weighted by Gasteiger charge is 2.35. The van der Waals surface area contributed by atoms with Gasteiger partial charge in [-0.05, 0) is 122 Å². The molecule has 2 aromatic heterocycles. The van der Waals surface area contributed by atoms with Crippen LogP contribution in [0.1, 0.15) is 25.0 Å². The quantitative estimate of drug-likeness (QED) is 0.169. The zero-order valence-corrected chi connectivity index (χ0v) is 33.3. The Kier molecular flexibility index (Phi) is 7.58. The molecular formula is C57H39NO2. The predicted molar refractivity (Wildman–Crippen MR) is 250 cm³/mol. The fourth-order valence-corrected chi connectivity index (χ4v) is 9.55. The number of furan rings is 2. The number of anilines is 3. The van der Waals surface area contributed by atoms with Crippen LogP contribution >= 0.6 is 0 Å². The fourth-order valence-electron chi connectivity index (χ4n) is 9.55. The van der Waals surface area contributed by atoms with Gasteiger partial charge in [0.05, 0.1) is 0 Å². The molecule has 0 radical (unpaired) electrons. The van der Waals surface area contributed by atoms with Crippen LogP contribution in [-0.2, 0) is 5.41 Å². The highest BCUT2D eigenvalue weighted by molar-refractivity contribution is 6.15. The van der Waals surface area contributed by atoms with Crippen molar-refractivity contribution in [2.75, 3.05) is 4.90 Å². The molecule has 0 spiro atoms. The van der Waals surface area contributed by atoms with E-state index in [2.05, 4.69) is 213 Å². The van der Waals surface area contributed by atoms with Crippen LogP contribution in [0.4, 0.5) is 17.1 Å². The van der Waals surface area contributed by atoms with Crippen LogP contribution in [0.5, 0.6) is 0 Å². The van der Waals surface area contributed by atoms with Gasteiger partial charge in [0.2, 0.25) is 0 Å². The molecule has 0 fully saturated rings. The van der Waals surface area contributed by atoms with Crippen molar-refractivity contribution >= 4 is 60.9 Å². The summed E-state index contributed by atoms with van der Waals surface area (Å²) in [5.74, 6) is 0. The molecule has 0 N–H and O–H groups in total. The first-order valence-corrected chi connectivity index (χ1v) is 20.6. The number of rotatable bonds is 6. The van der Waals surface area contributed by atoms with Crippen LogP contribution < -0.4 is 4.90 Å². The molecule has 0 aliphatic heterocycles. The van der Waals surface area contributed by atoms with Crippen LogP contribution in [0.25, 0.3) is 88.4 Å². The molecule has 12 rings (SSSR count).